The first-order chi connectivity index (χ1) is 10.0. The van der Waals surface area contributed by atoms with Gasteiger partial charge in [-0.25, -0.2) is 4.79 Å². The van der Waals surface area contributed by atoms with Gasteiger partial charge in [-0.3, -0.25) is 0 Å². The van der Waals surface area contributed by atoms with Crippen LogP contribution < -0.4 is 4.74 Å². The zero-order chi connectivity index (χ0) is 15.3. The standard InChI is InChI=1S/C16H23NO4/c1-17(12-16(20)8-4-5-9-16)10-11-21-14-7-3-2-6-13(14)15(18)19/h2-3,6-7,20H,4-5,8-12H2,1H3,(H,18,19). The zero-order valence-corrected chi connectivity index (χ0v) is 12.4. The molecule has 0 saturated heterocycles. The van der Waals surface area contributed by atoms with Crippen LogP contribution >= 0.6 is 0 Å². The van der Waals surface area contributed by atoms with Crippen molar-refractivity contribution in [1.29, 1.82) is 0 Å². The molecule has 1 aromatic carbocycles. The summed E-state index contributed by atoms with van der Waals surface area (Å²) < 4.78 is 5.56. The van der Waals surface area contributed by atoms with Crippen molar-refractivity contribution >= 4 is 5.97 Å². The Morgan fingerprint density at radius 1 is 1.33 bits per heavy atom. The number of nitrogens with zero attached hydrogens (tertiary/aromatic N) is 1. The van der Waals surface area contributed by atoms with Crippen LogP contribution in [0, 0.1) is 0 Å². The first-order valence-corrected chi connectivity index (χ1v) is 7.36. The van der Waals surface area contributed by atoms with E-state index >= 15 is 0 Å². The van der Waals surface area contributed by atoms with Gasteiger partial charge >= 0.3 is 5.97 Å². The lowest BCUT2D eigenvalue weighted by atomic mass is 10.0. The molecule has 0 unspecified atom stereocenters. The molecule has 1 aliphatic rings. The second-order valence-corrected chi connectivity index (χ2v) is 5.82. The fraction of sp³-hybridized carbons (Fsp3) is 0.562. The lowest BCUT2D eigenvalue weighted by molar-refractivity contribution is 0.0139. The van der Waals surface area contributed by atoms with Crippen LogP contribution in [0.2, 0.25) is 0 Å². The number of carboxylic acids is 1. The Morgan fingerprint density at radius 2 is 2.00 bits per heavy atom. The third-order valence-electron chi connectivity index (χ3n) is 3.95. The molecule has 116 valence electrons. The van der Waals surface area contributed by atoms with Crippen molar-refractivity contribution in [3.8, 4) is 5.75 Å². The Balaban J connectivity index is 1.80. The molecule has 0 bridgehead atoms. The van der Waals surface area contributed by atoms with Crippen LogP contribution in [-0.2, 0) is 0 Å². The van der Waals surface area contributed by atoms with Gasteiger partial charge in [-0.2, -0.15) is 0 Å². The molecular formula is C16H23NO4. The van der Waals surface area contributed by atoms with E-state index in [1.165, 1.54) is 6.07 Å². The molecule has 5 heteroatoms. The number of aliphatic hydroxyl groups is 1. The minimum absolute atomic E-state index is 0.176. The molecule has 21 heavy (non-hydrogen) atoms. The molecule has 0 spiro atoms. The van der Waals surface area contributed by atoms with Crippen LogP contribution in [0.1, 0.15) is 36.0 Å². The van der Waals surface area contributed by atoms with Crippen LogP contribution in [-0.4, -0.2) is 53.4 Å². The van der Waals surface area contributed by atoms with Gasteiger partial charge in [0.05, 0.1) is 5.60 Å². The lowest BCUT2D eigenvalue weighted by Gasteiger charge is -2.28. The van der Waals surface area contributed by atoms with Gasteiger partial charge in [-0.15, -0.1) is 0 Å². The molecule has 1 aliphatic carbocycles. The second-order valence-electron chi connectivity index (χ2n) is 5.82. The van der Waals surface area contributed by atoms with Crippen molar-refractivity contribution in [3.63, 3.8) is 0 Å². The van der Waals surface area contributed by atoms with Gasteiger partial charge in [0.1, 0.15) is 17.9 Å². The summed E-state index contributed by atoms with van der Waals surface area (Å²) in [6.07, 6.45) is 3.90. The first-order valence-electron chi connectivity index (χ1n) is 7.36. The van der Waals surface area contributed by atoms with E-state index < -0.39 is 11.6 Å². The molecule has 0 aromatic heterocycles. The topological polar surface area (TPSA) is 70.0 Å². The molecule has 0 amide bonds. The van der Waals surface area contributed by atoms with Crippen molar-refractivity contribution in [1.82, 2.24) is 4.90 Å². The number of carbonyl (C=O) groups is 1. The SMILES string of the molecule is CN(CCOc1ccccc1C(=O)O)CC1(O)CCCC1. The van der Waals surface area contributed by atoms with Crippen LogP contribution in [0.15, 0.2) is 24.3 Å². The van der Waals surface area contributed by atoms with E-state index in [1.807, 2.05) is 11.9 Å². The average molecular weight is 293 g/mol. The number of hydrogen-bond donors (Lipinski definition) is 2. The predicted octanol–water partition coefficient (Wildman–Crippen LogP) is 2.00. The summed E-state index contributed by atoms with van der Waals surface area (Å²) in [5.41, 5.74) is -0.386. The van der Waals surface area contributed by atoms with Gasteiger partial charge in [-0.1, -0.05) is 25.0 Å². The van der Waals surface area contributed by atoms with Crippen molar-refractivity contribution in [2.75, 3.05) is 26.7 Å². The van der Waals surface area contributed by atoms with Gasteiger partial charge in [0, 0.05) is 13.1 Å². The Morgan fingerprint density at radius 3 is 2.67 bits per heavy atom. The summed E-state index contributed by atoms with van der Waals surface area (Å²) in [6, 6.07) is 6.63. The molecule has 5 nitrogen and oxygen atoms in total. The summed E-state index contributed by atoms with van der Waals surface area (Å²) >= 11 is 0. The number of rotatable bonds is 7. The summed E-state index contributed by atoms with van der Waals surface area (Å²) in [7, 11) is 1.95. The van der Waals surface area contributed by atoms with Gasteiger partial charge in [0.25, 0.3) is 0 Å². The highest BCUT2D eigenvalue weighted by atomic mass is 16.5. The van der Waals surface area contributed by atoms with Crippen LogP contribution in [0.3, 0.4) is 0 Å². The number of hydrogen-bond acceptors (Lipinski definition) is 4. The number of aromatic carboxylic acids is 1. The van der Waals surface area contributed by atoms with Gasteiger partial charge in [-0.05, 0) is 32.0 Å². The number of benzene rings is 1. The highest BCUT2D eigenvalue weighted by molar-refractivity contribution is 5.90. The molecule has 0 radical (unpaired) electrons. The minimum Gasteiger partial charge on any atom is -0.491 e. The normalized spacial score (nSPS) is 17.1. The van der Waals surface area contributed by atoms with Crippen LogP contribution in [0.4, 0.5) is 0 Å². The predicted molar refractivity (Wildman–Crippen MR) is 79.8 cm³/mol. The Bertz CT molecular complexity index is 483. The lowest BCUT2D eigenvalue weighted by Crippen LogP contribution is -2.40. The van der Waals surface area contributed by atoms with Crippen LogP contribution in [0.25, 0.3) is 0 Å². The van der Waals surface area contributed by atoms with Gasteiger partial charge < -0.3 is 19.8 Å². The monoisotopic (exact) mass is 293 g/mol. The van der Waals surface area contributed by atoms with E-state index in [4.69, 9.17) is 9.84 Å². The first kappa shape index (κ1) is 15.8. The smallest absolute Gasteiger partial charge is 0.339 e. The quantitative estimate of drug-likeness (QED) is 0.804. The second kappa shape index (κ2) is 6.91. The number of ether oxygens (including phenoxy) is 1. The molecular weight excluding hydrogens is 270 g/mol. The highest BCUT2D eigenvalue weighted by Gasteiger charge is 2.31. The molecule has 0 aliphatic heterocycles. The van der Waals surface area contributed by atoms with Crippen molar-refractivity contribution in [2.45, 2.75) is 31.3 Å². The summed E-state index contributed by atoms with van der Waals surface area (Å²) in [5, 5.41) is 19.4. The number of likely N-dealkylation sites (N-methyl/N-ethyl adjacent to an activating group) is 1. The molecule has 1 saturated carbocycles. The summed E-state index contributed by atoms with van der Waals surface area (Å²) in [4.78, 5) is 13.1. The molecule has 2 N–H and O–H groups in total. The third-order valence-corrected chi connectivity index (χ3v) is 3.95. The fourth-order valence-corrected chi connectivity index (χ4v) is 2.85. The molecule has 1 aromatic rings. The maximum Gasteiger partial charge on any atom is 0.339 e. The maximum absolute atomic E-state index is 11.1. The Hall–Kier alpha value is -1.59. The van der Waals surface area contributed by atoms with E-state index in [0.29, 0.717) is 25.4 Å². The largest absolute Gasteiger partial charge is 0.491 e. The average Bonchev–Trinajstić information content (AvgIpc) is 2.85. The molecule has 2 rings (SSSR count). The number of carboxylic acid groups (broad SMARTS) is 1. The van der Waals surface area contributed by atoms with E-state index in [2.05, 4.69) is 0 Å². The fourth-order valence-electron chi connectivity index (χ4n) is 2.85. The van der Waals surface area contributed by atoms with Crippen molar-refractivity contribution in [3.05, 3.63) is 29.8 Å². The highest BCUT2D eigenvalue weighted by Crippen LogP contribution is 2.29. The van der Waals surface area contributed by atoms with E-state index in [0.717, 1.165) is 25.7 Å². The third kappa shape index (κ3) is 4.44. The molecule has 0 atom stereocenters. The molecule has 0 heterocycles. The summed E-state index contributed by atoms with van der Waals surface area (Å²) in [6.45, 7) is 1.68. The minimum atomic E-state index is -0.987. The van der Waals surface area contributed by atoms with E-state index in [9.17, 15) is 9.90 Å². The molecule has 1 fully saturated rings. The van der Waals surface area contributed by atoms with Crippen molar-refractivity contribution in [2.24, 2.45) is 0 Å². The zero-order valence-electron chi connectivity index (χ0n) is 12.4. The van der Waals surface area contributed by atoms with Gasteiger partial charge in [0.15, 0.2) is 0 Å². The Labute approximate surface area is 125 Å². The van der Waals surface area contributed by atoms with E-state index in [1.54, 1.807) is 18.2 Å². The maximum atomic E-state index is 11.1. The number of para-hydroxylation sites is 1. The Kier molecular flexibility index (Phi) is 5.20. The van der Waals surface area contributed by atoms with Crippen LogP contribution in [0.5, 0.6) is 5.75 Å². The summed E-state index contributed by atoms with van der Waals surface area (Å²) in [5.74, 6) is -0.600. The van der Waals surface area contributed by atoms with E-state index in [-0.39, 0.29) is 5.56 Å². The van der Waals surface area contributed by atoms with Gasteiger partial charge in [0.2, 0.25) is 0 Å². The van der Waals surface area contributed by atoms with Crippen molar-refractivity contribution < 1.29 is 19.7 Å².